The molecule has 9 nitrogen and oxygen atoms in total. The van der Waals surface area contributed by atoms with Crippen LogP contribution in [0.4, 0.5) is 5.69 Å². The topological polar surface area (TPSA) is 105 Å². The van der Waals surface area contributed by atoms with E-state index in [-0.39, 0.29) is 24.2 Å². The van der Waals surface area contributed by atoms with Crippen molar-refractivity contribution < 1.29 is 27.5 Å². The lowest BCUT2D eigenvalue weighted by Gasteiger charge is -2.32. The minimum absolute atomic E-state index is 0.0597. The number of nitrogens with zero attached hydrogens (tertiary/aromatic N) is 2. The molecule has 2 atom stereocenters. The Labute approximate surface area is 214 Å². The Balaban J connectivity index is 2.43. The number of nitrogens with one attached hydrogen (secondary N) is 1. The summed E-state index contributed by atoms with van der Waals surface area (Å²) in [6, 6.07) is 11.4. The first-order valence-corrected chi connectivity index (χ1v) is 13.6. The normalized spacial score (nSPS) is 12.9. The third-order valence-corrected chi connectivity index (χ3v) is 7.12. The fourth-order valence-electron chi connectivity index (χ4n) is 3.53. The summed E-state index contributed by atoms with van der Waals surface area (Å²) in [6.07, 6.45) is 1.77. The molecule has 2 aromatic rings. The lowest BCUT2D eigenvalue weighted by molar-refractivity contribution is -0.139. The molecule has 0 saturated carbocycles. The summed E-state index contributed by atoms with van der Waals surface area (Å²) >= 11 is 0. The van der Waals surface area contributed by atoms with Gasteiger partial charge in [-0.05, 0) is 44.9 Å². The van der Waals surface area contributed by atoms with Gasteiger partial charge in [0.05, 0.1) is 26.2 Å². The highest BCUT2D eigenvalue weighted by Gasteiger charge is 2.30. The molecule has 0 aliphatic heterocycles. The molecule has 0 spiro atoms. The van der Waals surface area contributed by atoms with Gasteiger partial charge >= 0.3 is 0 Å². The highest BCUT2D eigenvalue weighted by molar-refractivity contribution is 7.92. The van der Waals surface area contributed by atoms with Crippen molar-refractivity contribution in [3.8, 4) is 11.5 Å². The van der Waals surface area contributed by atoms with Crippen LogP contribution in [0.3, 0.4) is 0 Å². The molecule has 2 aromatic carbocycles. The standard InChI is InChI=1S/C26H37N3O6S/c1-8-19(3)27-26(31)20(4)28(16-21-11-9-18(2)10-12-21)25(30)17-29(36(7,32)33)22-13-14-23(34-5)24(15-22)35-6/h9-15,19-20H,8,16-17H2,1-7H3,(H,27,31)/t19-,20-/m1/s1. The van der Waals surface area contributed by atoms with Gasteiger partial charge in [0.15, 0.2) is 11.5 Å². The maximum atomic E-state index is 13.6. The van der Waals surface area contributed by atoms with Crippen LogP contribution >= 0.6 is 0 Å². The number of methoxy groups -OCH3 is 2. The van der Waals surface area contributed by atoms with Crippen LogP contribution in [0.5, 0.6) is 11.5 Å². The van der Waals surface area contributed by atoms with Gasteiger partial charge in [0, 0.05) is 18.7 Å². The van der Waals surface area contributed by atoms with E-state index in [1.807, 2.05) is 45.0 Å². The Kier molecular flexibility index (Phi) is 10.2. The number of rotatable bonds is 12. The average Bonchev–Trinajstić information content (AvgIpc) is 2.85. The summed E-state index contributed by atoms with van der Waals surface area (Å²) in [4.78, 5) is 28.0. The van der Waals surface area contributed by atoms with Crippen LogP contribution in [0, 0.1) is 6.92 Å². The quantitative estimate of drug-likeness (QED) is 0.462. The highest BCUT2D eigenvalue weighted by Crippen LogP contribution is 2.32. The molecule has 0 aliphatic carbocycles. The van der Waals surface area contributed by atoms with Crippen LogP contribution in [0.2, 0.25) is 0 Å². The molecular weight excluding hydrogens is 482 g/mol. The second kappa shape index (κ2) is 12.6. The van der Waals surface area contributed by atoms with Crippen molar-refractivity contribution in [1.82, 2.24) is 10.2 Å². The zero-order valence-electron chi connectivity index (χ0n) is 22.1. The molecule has 0 radical (unpaired) electrons. The molecule has 198 valence electrons. The Morgan fingerprint density at radius 2 is 1.61 bits per heavy atom. The maximum absolute atomic E-state index is 13.6. The predicted molar refractivity (Wildman–Crippen MR) is 141 cm³/mol. The minimum Gasteiger partial charge on any atom is -0.493 e. The van der Waals surface area contributed by atoms with Crippen molar-refractivity contribution >= 4 is 27.5 Å². The molecule has 10 heteroatoms. The van der Waals surface area contributed by atoms with Gasteiger partial charge in [0.2, 0.25) is 21.8 Å². The SMILES string of the molecule is CC[C@@H](C)NC(=O)[C@@H](C)N(Cc1ccc(C)cc1)C(=O)CN(c1ccc(OC)c(OC)c1)S(C)(=O)=O. The summed E-state index contributed by atoms with van der Waals surface area (Å²) in [5.74, 6) is -0.0595. The van der Waals surface area contributed by atoms with E-state index in [2.05, 4.69) is 5.32 Å². The molecule has 0 bridgehead atoms. The zero-order valence-corrected chi connectivity index (χ0v) is 22.9. The Morgan fingerprint density at radius 3 is 2.14 bits per heavy atom. The summed E-state index contributed by atoms with van der Waals surface area (Å²) in [7, 11) is -0.930. The van der Waals surface area contributed by atoms with Crippen LogP contribution in [0.15, 0.2) is 42.5 Å². The summed E-state index contributed by atoms with van der Waals surface area (Å²) in [5.41, 5.74) is 2.14. The monoisotopic (exact) mass is 519 g/mol. The number of hydrogen-bond acceptors (Lipinski definition) is 6. The van der Waals surface area contributed by atoms with Crippen LogP contribution in [-0.2, 0) is 26.2 Å². The third-order valence-electron chi connectivity index (χ3n) is 5.98. The molecule has 0 heterocycles. The van der Waals surface area contributed by atoms with Crippen molar-refractivity contribution in [1.29, 1.82) is 0 Å². The second-order valence-corrected chi connectivity index (χ2v) is 10.7. The molecule has 0 saturated heterocycles. The Morgan fingerprint density at radius 1 is 1.00 bits per heavy atom. The van der Waals surface area contributed by atoms with E-state index in [4.69, 9.17) is 9.47 Å². The molecule has 1 N–H and O–H groups in total. The van der Waals surface area contributed by atoms with Gasteiger partial charge in [-0.1, -0.05) is 36.8 Å². The predicted octanol–water partition coefficient (Wildman–Crippen LogP) is 3.11. The molecule has 0 unspecified atom stereocenters. The van der Waals surface area contributed by atoms with Crippen LogP contribution in [-0.4, -0.2) is 64.2 Å². The Hall–Kier alpha value is -3.27. The van der Waals surface area contributed by atoms with Gasteiger partial charge in [0.1, 0.15) is 12.6 Å². The number of carbonyl (C=O) groups is 2. The molecular formula is C26H37N3O6S. The summed E-state index contributed by atoms with van der Waals surface area (Å²) in [5, 5.41) is 2.91. The molecule has 2 amide bonds. The fourth-order valence-corrected chi connectivity index (χ4v) is 4.37. The first-order chi connectivity index (χ1) is 16.9. The van der Waals surface area contributed by atoms with E-state index < -0.39 is 28.5 Å². The largest absolute Gasteiger partial charge is 0.493 e. The van der Waals surface area contributed by atoms with Gasteiger partial charge in [-0.25, -0.2) is 8.42 Å². The van der Waals surface area contributed by atoms with Gasteiger partial charge in [-0.3, -0.25) is 13.9 Å². The number of sulfonamides is 1. The molecule has 2 rings (SSSR count). The number of carbonyl (C=O) groups excluding carboxylic acids is 2. The van der Waals surface area contributed by atoms with Crippen LogP contribution < -0.4 is 19.1 Å². The third kappa shape index (κ3) is 7.61. The minimum atomic E-state index is -3.85. The number of hydrogen-bond donors (Lipinski definition) is 1. The van der Waals surface area contributed by atoms with Crippen molar-refractivity contribution in [2.45, 2.75) is 52.7 Å². The number of aryl methyl sites for hydroxylation is 1. The highest BCUT2D eigenvalue weighted by atomic mass is 32.2. The Bertz CT molecular complexity index is 1150. The van der Waals surface area contributed by atoms with E-state index in [1.165, 1.54) is 25.2 Å². The van der Waals surface area contributed by atoms with Crippen molar-refractivity contribution in [3.63, 3.8) is 0 Å². The fraction of sp³-hybridized carbons (Fsp3) is 0.462. The summed E-state index contributed by atoms with van der Waals surface area (Å²) < 4.78 is 37.0. The molecule has 0 aliphatic rings. The number of anilines is 1. The van der Waals surface area contributed by atoms with Gasteiger partial charge in [0.25, 0.3) is 0 Å². The lowest BCUT2D eigenvalue weighted by atomic mass is 10.1. The van der Waals surface area contributed by atoms with Crippen LogP contribution in [0.1, 0.15) is 38.3 Å². The average molecular weight is 520 g/mol. The van der Waals surface area contributed by atoms with Crippen molar-refractivity contribution in [3.05, 3.63) is 53.6 Å². The van der Waals surface area contributed by atoms with E-state index in [9.17, 15) is 18.0 Å². The smallest absolute Gasteiger partial charge is 0.244 e. The number of benzene rings is 2. The van der Waals surface area contributed by atoms with E-state index >= 15 is 0 Å². The number of amides is 2. The second-order valence-electron chi connectivity index (χ2n) is 8.81. The van der Waals surface area contributed by atoms with Crippen molar-refractivity contribution in [2.24, 2.45) is 0 Å². The first kappa shape index (κ1) is 29.0. The molecule has 36 heavy (non-hydrogen) atoms. The first-order valence-electron chi connectivity index (χ1n) is 11.8. The van der Waals surface area contributed by atoms with E-state index in [0.29, 0.717) is 11.5 Å². The summed E-state index contributed by atoms with van der Waals surface area (Å²) in [6.45, 7) is 7.11. The van der Waals surface area contributed by atoms with Gasteiger partial charge < -0.3 is 19.7 Å². The lowest BCUT2D eigenvalue weighted by Crippen LogP contribution is -2.52. The maximum Gasteiger partial charge on any atom is 0.244 e. The zero-order chi connectivity index (χ0) is 27.0. The van der Waals surface area contributed by atoms with E-state index in [0.717, 1.165) is 28.1 Å². The number of ether oxygens (including phenoxy) is 2. The van der Waals surface area contributed by atoms with Gasteiger partial charge in [-0.15, -0.1) is 0 Å². The van der Waals surface area contributed by atoms with Crippen LogP contribution in [0.25, 0.3) is 0 Å². The van der Waals surface area contributed by atoms with Gasteiger partial charge in [-0.2, -0.15) is 0 Å². The molecule has 0 aromatic heterocycles. The molecule has 0 fully saturated rings. The van der Waals surface area contributed by atoms with Crippen molar-refractivity contribution in [2.75, 3.05) is 31.3 Å². The van der Waals surface area contributed by atoms with E-state index in [1.54, 1.807) is 19.1 Å².